The lowest BCUT2D eigenvalue weighted by molar-refractivity contribution is -0.140. The second-order valence-corrected chi connectivity index (χ2v) is 8.18. The Kier molecular flexibility index (Phi) is 5.62. The summed E-state index contributed by atoms with van der Waals surface area (Å²) in [6.07, 6.45) is 4.20. The molecule has 1 aliphatic rings. The molecule has 0 aliphatic heterocycles. The highest BCUT2D eigenvalue weighted by atomic mass is 79.9. The monoisotopic (exact) mass is 439 g/mol. The number of rotatable bonds is 6. The first kappa shape index (κ1) is 18.9. The minimum atomic E-state index is -0.748. The molecule has 1 aliphatic carbocycles. The van der Waals surface area contributed by atoms with Crippen molar-refractivity contribution in [2.45, 2.75) is 38.2 Å². The summed E-state index contributed by atoms with van der Waals surface area (Å²) in [5.74, 6) is -0.307. The van der Waals surface area contributed by atoms with Crippen LogP contribution in [0.15, 0.2) is 59.1 Å². The first-order chi connectivity index (χ1) is 13.6. The molecule has 0 bridgehead atoms. The molecule has 1 saturated carbocycles. The van der Waals surface area contributed by atoms with Gasteiger partial charge in [-0.3, -0.25) is 4.79 Å². The molecule has 4 nitrogen and oxygen atoms in total. The van der Waals surface area contributed by atoms with Gasteiger partial charge in [0.05, 0.1) is 17.1 Å². The average molecular weight is 440 g/mol. The summed E-state index contributed by atoms with van der Waals surface area (Å²) >= 11 is 3.56. The Morgan fingerprint density at radius 1 is 1.14 bits per heavy atom. The van der Waals surface area contributed by atoms with Crippen LogP contribution in [0.1, 0.15) is 42.9 Å². The smallest absolute Gasteiger partial charge is 0.311 e. The Balaban J connectivity index is 1.49. The van der Waals surface area contributed by atoms with Crippen LogP contribution in [0.5, 0.6) is 5.75 Å². The van der Waals surface area contributed by atoms with E-state index < -0.39 is 11.9 Å². The fraction of sp³-hybridized carbons (Fsp3) is 0.304. The molecule has 0 spiro atoms. The van der Waals surface area contributed by atoms with E-state index in [4.69, 9.17) is 4.74 Å². The van der Waals surface area contributed by atoms with Crippen LogP contribution in [0.25, 0.3) is 10.9 Å². The van der Waals surface area contributed by atoms with Crippen molar-refractivity contribution >= 4 is 32.8 Å². The first-order valence-corrected chi connectivity index (χ1v) is 10.4. The van der Waals surface area contributed by atoms with Crippen LogP contribution in [-0.2, 0) is 11.4 Å². The fourth-order valence-electron chi connectivity index (χ4n) is 4.08. The number of para-hydroxylation sites is 1. The van der Waals surface area contributed by atoms with Crippen LogP contribution in [-0.4, -0.2) is 16.1 Å². The number of carbonyl (C=O) groups is 1. The van der Waals surface area contributed by atoms with E-state index in [2.05, 4.69) is 20.9 Å². The Labute approximate surface area is 172 Å². The van der Waals surface area contributed by atoms with Gasteiger partial charge in [0, 0.05) is 9.86 Å². The van der Waals surface area contributed by atoms with Crippen molar-refractivity contribution in [2.75, 3.05) is 0 Å². The second-order valence-electron chi connectivity index (χ2n) is 7.33. The number of halogens is 1. The number of fused-ring (bicyclic) bond motifs is 1. The fourth-order valence-corrected chi connectivity index (χ4v) is 4.68. The summed E-state index contributed by atoms with van der Waals surface area (Å²) in [4.78, 5) is 16.5. The summed E-state index contributed by atoms with van der Waals surface area (Å²) in [6, 6.07) is 17.6. The lowest BCUT2D eigenvalue weighted by Crippen LogP contribution is -2.20. The lowest BCUT2D eigenvalue weighted by Gasteiger charge is -2.21. The molecule has 1 unspecified atom stereocenters. The van der Waals surface area contributed by atoms with Crippen LogP contribution in [0.2, 0.25) is 0 Å². The maximum absolute atomic E-state index is 11.9. The van der Waals surface area contributed by atoms with Crippen LogP contribution in [0.3, 0.4) is 0 Å². The van der Waals surface area contributed by atoms with Crippen molar-refractivity contribution < 1.29 is 14.6 Å². The van der Waals surface area contributed by atoms with Gasteiger partial charge in [-0.25, -0.2) is 4.98 Å². The molecular formula is C23H22BrNO3. The molecule has 1 N–H and O–H groups in total. The average Bonchev–Trinajstić information content (AvgIpc) is 3.22. The standard InChI is InChI=1S/C23H22BrNO3/c24-20-13-18(11-12-19(20)22(23(26)27)16-6-1-2-7-16)28-14-17-10-9-15-5-3-4-8-21(15)25-17/h3-5,8-13,16,22H,1-2,6-7,14H2,(H,26,27). The molecule has 0 amide bonds. The number of aliphatic carboxylic acids is 1. The highest BCUT2D eigenvalue weighted by Crippen LogP contribution is 2.41. The van der Waals surface area contributed by atoms with Crippen molar-refractivity contribution in [3.63, 3.8) is 0 Å². The minimum absolute atomic E-state index is 0.211. The van der Waals surface area contributed by atoms with E-state index in [1.165, 1.54) is 0 Å². The van der Waals surface area contributed by atoms with E-state index in [1.807, 2.05) is 54.6 Å². The van der Waals surface area contributed by atoms with E-state index in [1.54, 1.807) is 0 Å². The van der Waals surface area contributed by atoms with E-state index in [0.717, 1.165) is 52.3 Å². The first-order valence-electron chi connectivity index (χ1n) is 9.61. The largest absolute Gasteiger partial charge is 0.487 e. The lowest BCUT2D eigenvalue weighted by atomic mass is 9.85. The SMILES string of the molecule is O=C(O)C(c1ccc(OCc2ccc3ccccc3n2)cc1Br)C1CCCC1. The molecular weight excluding hydrogens is 418 g/mol. The summed E-state index contributed by atoms with van der Waals surface area (Å²) in [7, 11) is 0. The highest BCUT2D eigenvalue weighted by Gasteiger charge is 2.33. The molecule has 5 heteroatoms. The normalized spacial score (nSPS) is 15.6. The van der Waals surface area contributed by atoms with Gasteiger partial charge in [0.1, 0.15) is 12.4 Å². The zero-order chi connectivity index (χ0) is 19.5. The Morgan fingerprint density at radius 2 is 1.93 bits per heavy atom. The Morgan fingerprint density at radius 3 is 2.68 bits per heavy atom. The topological polar surface area (TPSA) is 59.4 Å². The van der Waals surface area contributed by atoms with E-state index >= 15 is 0 Å². The van der Waals surface area contributed by atoms with Gasteiger partial charge in [-0.05, 0) is 48.6 Å². The molecule has 1 atom stereocenters. The van der Waals surface area contributed by atoms with Crippen LogP contribution in [0, 0.1) is 5.92 Å². The quantitative estimate of drug-likeness (QED) is 0.516. The molecule has 28 heavy (non-hydrogen) atoms. The number of ether oxygens (including phenoxy) is 1. The Bertz CT molecular complexity index is 998. The number of benzene rings is 2. The van der Waals surface area contributed by atoms with Gasteiger partial charge in [0.2, 0.25) is 0 Å². The maximum atomic E-state index is 11.9. The van der Waals surface area contributed by atoms with Gasteiger partial charge >= 0.3 is 5.97 Å². The molecule has 0 radical (unpaired) electrons. The van der Waals surface area contributed by atoms with Crippen molar-refractivity contribution in [3.05, 3.63) is 70.3 Å². The van der Waals surface area contributed by atoms with E-state index in [-0.39, 0.29) is 5.92 Å². The predicted molar refractivity (Wildman–Crippen MR) is 113 cm³/mol. The molecule has 4 rings (SSSR count). The van der Waals surface area contributed by atoms with Crippen molar-refractivity contribution in [1.29, 1.82) is 0 Å². The zero-order valence-electron chi connectivity index (χ0n) is 15.5. The third-order valence-corrected chi connectivity index (χ3v) is 6.17. The molecule has 1 fully saturated rings. The van der Waals surface area contributed by atoms with Crippen molar-refractivity contribution in [3.8, 4) is 5.75 Å². The number of carboxylic acids is 1. The van der Waals surface area contributed by atoms with Gasteiger partial charge < -0.3 is 9.84 Å². The summed E-state index contributed by atoms with van der Waals surface area (Å²) in [5, 5.41) is 10.9. The van der Waals surface area contributed by atoms with Crippen LogP contribution in [0.4, 0.5) is 0 Å². The summed E-state index contributed by atoms with van der Waals surface area (Å²) in [5.41, 5.74) is 2.63. The van der Waals surface area contributed by atoms with E-state index in [9.17, 15) is 9.90 Å². The summed E-state index contributed by atoms with van der Waals surface area (Å²) < 4.78 is 6.69. The molecule has 1 heterocycles. The van der Waals surface area contributed by atoms with Crippen molar-refractivity contribution in [1.82, 2.24) is 4.98 Å². The molecule has 0 saturated heterocycles. The number of hydrogen-bond donors (Lipinski definition) is 1. The number of nitrogens with zero attached hydrogens (tertiary/aromatic N) is 1. The third kappa shape index (κ3) is 4.04. The number of pyridine rings is 1. The number of aromatic nitrogens is 1. The van der Waals surface area contributed by atoms with Gasteiger partial charge in [0.25, 0.3) is 0 Å². The summed E-state index contributed by atoms with van der Waals surface area (Å²) in [6.45, 7) is 0.363. The molecule has 1 aromatic heterocycles. The molecule has 144 valence electrons. The van der Waals surface area contributed by atoms with Gasteiger partial charge in [-0.2, -0.15) is 0 Å². The Hall–Kier alpha value is -2.40. The zero-order valence-corrected chi connectivity index (χ0v) is 17.1. The van der Waals surface area contributed by atoms with Crippen LogP contribution < -0.4 is 4.74 Å². The second kappa shape index (κ2) is 8.31. The van der Waals surface area contributed by atoms with Gasteiger partial charge in [-0.1, -0.05) is 59.1 Å². The number of carboxylic acid groups (broad SMARTS) is 1. The van der Waals surface area contributed by atoms with Crippen molar-refractivity contribution in [2.24, 2.45) is 5.92 Å². The molecule has 2 aromatic carbocycles. The van der Waals surface area contributed by atoms with Gasteiger partial charge in [-0.15, -0.1) is 0 Å². The predicted octanol–water partition coefficient (Wildman–Crippen LogP) is 5.93. The third-order valence-electron chi connectivity index (χ3n) is 5.49. The number of hydrogen-bond acceptors (Lipinski definition) is 3. The minimum Gasteiger partial charge on any atom is -0.487 e. The van der Waals surface area contributed by atoms with E-state index in [0.29, 0.717) is 12.4 Å². The maximum Gasteiger partial charge on any atom is 0.311 e. The highest BCUT2D eigenvalue weighted by molar-refractivity contribution is 9.10. The van der Waals surface area contributed by atoms with Crippen LogP contribution >= 0.6 is 15.9 Å². The molecule has 3 aromatic rings. The van der Waals surface area contributed by atoms with Gasteiger partial charge in [0.15, 0.2) is 0 Å².